The van der Waals surface area contributed by atoms with Crippen LogP contribution >= 0.6 is 0 Å². The van der Waals surface area contributed by atoms with Gasteiger partial charge in [0.15, 0.2) is 5.69 Å². The number of aromatic nitrogens is 1. The molecule has 0 unspecified atom stereocenters. The zero-order chi connectivity index (χ0) is 14.3. The molecule has 2 heterocycles. The molecule has 0 saturated heterocycles. The van der Waals surface area contributed by atoms with Crippen molar-refractivity contribution in [1.82, 2.24) is 10.3 Å². The SMILES string of the molecule is [C-]#[N+]c1ccc2c(n1)C(CC)(CC)C(=O)NC2(C)C. The van der Waals surface area contributed by atoms with Gasteiger partial charge in [-0.05, 0) is 32.8 Å². The summed E-state index contributed by atoms with van der Waals surface area (Å²) in [7, 11) is 0. The van der Waals surface area contributed by atoms with Crippen LogP contribution < -0.4 is 5.32 Å². The van der Waals surface area contributed by atoms with E-state index in [2.05, 4.69) is 15.1 Å². The molecule has 1 aromatic heterocycles. The fourth-order valence-corrected chi connectivity index (χ4v) is 2.86. The summed E-state index contributed by atoms with van der Waals surface area (Å²) in [5.41, 5.74) is 0.752. The molecule has 1 N–H and O–H groups in total. The molecule has 0 bridgehead atoms. The number of rotatable bonds is 2. The Kier molecular flexibility index (Phi) is 3.09. The molecule has 0 fully saturated rings. The molecular weight excluding hydrogens is 238 g/mol. The molecule has 1 amide bonds. The highest BCUT2D eigenvalue weighted by atomic mass is 16.2. The van der Waals surface area contributed by atoms with Crippen molar-refractivity contribution in [2.24, 2.45) is 0 Å². The zero-order valence-electron chi connectivity index (χ0n) is 11.9. The number of fused-ring (bicyclic) bond motifs is 1. The Labute approximate surface area is 114 Å². The quantitative estimate of drug-likeness (QED) is 0.828. The third-order valence-corrected chi connectivity index (χ3v) is 4.19. The van der Waals surface area contributed by atoms with Crippen molar-refractivity contribution >= 4 is 11.7 Å². The largest absolute Gasteiger partial charge is 0.361 e. The standard InChI is InChI=1S/C15H19N3O/c1-6-15(7-2)12-10(8-9-11(16-5)17-12)14(3,4)18-13(15)19/h8-9H,6-7H2,1-4H3,(H,18,19). The third kappa shape index (κ3) is 1.81. The number of amides is 1. The first-order valence-electron chi connectivity index (χ1n) is 6.63. The molecule has 1 aliphatic heterocycles. The Morgan fingerprint density at radius 2 is 1.95 bits per heavy atom. The molecular formula is C15H19N3O. The van der Waals surface area contributed by atoms with Gasteiger partial charge in [-0.25, -0.2) is 0 Å². The van der Waals surface area contributed by atoms with Crippen LogP contribution in [0.25, 0.3) is 4.85 Å². The first-order valence-corrected chi connectivity index (χ1v) is 6.63. The number of carbonyl (C=O) groups is 1. The van der Waals surface area contributed by atoms with Crippen LogP contribution in [0.2, 0.25) is 0 Å². The highest BCUT2D eigenvalue weighted by molar-refractivity contribution is 5.91. The van der Waals surface area contributed by atoms with Crippen LogP contribution in [0.4, 0.5) is 5.82 Å². The normalized spacial score (nSPS) is 19.2. The van der Waals surface area contributed by atoms with E-state index in [1.54, 1.807) is 6.07 Å². The monoisotopic (exact) mass is 257 g/mol. The summed E-state index contributed by atoms with van der Waals surface area (Å²) in [5.74, 6) is 0.375. The van der Waals surface area contributed by atoms with Gasteiger partial charge in [-0.3, -0.25) is 4.79 Å². The van der Waals surface area contributed by atoms with E-state index in [1.807, 2.05) is 33.8 Å². The van der Waals surface area contributed by atoms with Crippen molar-refractivity contribution in [2.45, 2.75) is 51.5 Å². The number of pyridine rings is 1. The summed E-state index contributed by atoms with van der Waals surface area (Å²) < 4.78 is 0. The summed E-state index contributed by atoms with van der Waals surface area (Å²) in [6, 6.07) is 3.65. The van der Waals surface area contributed by atoms with E-state index in [1.165, 1.54) is 0 Å². The lowest BCUT2D eigenvalue weighted by Gasteiger charge is -2.41. The van der Waals surface area contributed by atoms with E-state index in [9.17, 15) is 4.79 Å². The van der Waals surface area contributed by atoms with Crippen LogP contribution in [0.5, 0.6) is 0 Å². The van der Waals surface area contributed by atoms with Crippen LogP contribution in [0.3, 0.4) is 0 Å². The average molecular weight is 257 g/mol. The van der Waals surface area contributed by atoms with Gasteiger partial charge in [0, 0.05) is 5.56 Å². The molecule has 1 aromatic rings. The predicted octanol–water partition coefficient (Wildman–Crippen LogP) is 3.06. The summed E-state index contributed by atoms with van der Waals surface area (Å²) in [5, 5.41) is 3.09. The Bertz CT molecular complexity index is 565. The van der Waals surface area contributed by atoms with Crippen LogP contribution in [0.1, 0.15) is 51.8 Å². The van der Waals surface area contributed by atoms with Crippen LogP contribution in [0, 0.1) is 6.57 Å². The molecule has 4 heteroatoms. The average Bonchev–Trinajstić information content (AvgIpc) is 2.39. The van der Waals surface area contributed by atoms with Gasteiger partial charge in [-0.15, -0.1) is 4.98 Å². The van der Waals surface area contributed by atoms with Crippen molar-refractivity contribution in [3.63, 3.8) is 0 Å². The van der Waals surface area contributed by atoms with Gasteiger partial charge in [-0.1, -0.05) is 26.5 Å². The van der Waals surface area contributed by atoms with Gasteiger partial charge in [0.1, 0.15) is 5.41 Å². The first kappa shape index (κ1) is 13.5. The molecule has 0 saturated carbocycles. The van der Waals surface area contributed by atoms with Crippen molar-refractivity contribution in [3.8, 4) is 0 Å². The van der Waals surface area contributed by atoms with Gasteiger partial charge in [0.05, 0.1) is 5.54 Å². The fourth-order valence-electron chi connectivity index (χ4n) is 2.86. The maximum atomic E-state index is 12.5. The Morgan fingerprint density at radius 1 is 1.32 bits per heavy atom. The minimum atomic E-state index is -0.606. The van der Waals surface area contributed by atoms with E-state index in [4.69, 9.17) is 6.57 Å². The smallest absolute Gasteiger partial charge is 0.269 e. The van der Waals surface area contributed by atoms with E-state index < -0.39 is 11.0 Å². The third-order valence-electron chi connectivity index (χ3n) is 4.19. The molecule has 0 aliphatic carbocycles. The Hall–Kier alpha value is -1.89. The Morgan fingerprint density at radius 3 is 2.47 bits per heavy atom. The maximum absolute atomic E-state index is 12.5. The second kappa shape index (κ2) is 4.34. The molecule has 19 heavy (non-hydrogen) atoms. The highest BCUT2D eigenvalue weighted by Gasteiger charge is 2.50. The van der Waals surface area contributed by atoms with Crippen molar-refractivity contribution in [1.29, 1.82) is 0 Å². The minimum absolute atomic E-state index is 0.0182. The number of hydrogen-bond acceptors (Lipinski definition) is 2. The van der Waals surface area contributed by atoms with Crippen LogP contribution in [-0.2, 0) is 15.7 Å². The van der Waals surface area contributed by atoms with E-state index in [-0.39, 0.29) is 5.91 Å². The van der Waals surface area contributed by atoms with E-state index >= 15 is 0 Å². The molecule has 2 rings (SSSR count). The number of nitrogens with one attached hydrogen (secondary N) is 1. The minimum Gasteiger partial charge on any atom is -0.361 e. The lowest BCUT2D eigenvalue weighted by molar-refractivity contribution is -0.130. The molecule has 0 atom stereocenters. The van der Waals surface area contributed by atoms with Gasteiger partial charge in [0.2, 0.25) is 5.91 Å². The summed E-state index contributed by atoms with van der Waals surface area (Å²) in [6.07, 6.45) is 1.37. The van der Waals surface area contributed by atoms with Crippen molar-refractivity contribution in [2.75, 3.05) is 0 Å². The van der Waals surface area contributed by atoms with Gasteiger partial charge >= 0.3 is 0 Å². The maximum Gasteiger partial charge on any atom is 0.269 e. The molecule has 100 valence electrons. The Balaban J connectivity index is 2.77. The lowest BCUT2D eigenvalue weighted by atomic mass is 9.70. The summed E-state index contributed by atoms with van der Waals surface area (Å²) in [6.45, 7) is 15.1. The highest BCUT2D eigenvalue weighted by Crippen LogP contribution is 2.42. The number of carbonyl (C=O) groups excluding carboxylic acids is 1. The number of nitrogens with zero attached hydrogens (tertiary/aromatic N) is 2. The van der Waals surface area contributed by atoms with E-state index in [0.717, 1.165) is 11.3 Å². The van der Waals surface area contributed by atoms with Crippen LogP contribution in [-0.4, -0.2) is 10.9 Å². The summed E-state index contributed by atoms with van der Waals surface area (Å²) >= 11 is 0. The molecule has 4 nitrogen and oxygen atoms in total. The fraction of sp³-hybridized carbons (Fsp3) is 0.533. The van der Waals surface area contributed by atoms with Crippen molar-refractivity contribution in [3.05, 3.63) is 34.8 Å². The topological polar surface area (TPSA) is 46.4 Å². The van der Waals surface area contributed by atoms with Gasteiger partial charge in [0.25, 0.3) is 5.82 Å². The molecule has 0 radical (unpaired) electrons. The van der Waals surface area contributed by atoms with E-state index in [0.29, 0.717) is 18.7 Å². The lowest BCUT2D eigenvalue weighted by Crippen LogP contribution is -2.57. The number of hydrogen-bond donors (Lipinski definition) is 1. The molecule has 1 aliphatic rings. The van der Waals surface area contributed by atoms with Gasteiger partial charge < -0.3 is 10.2 Å². The first-order chi connectivity index (χ1) is 8.91. The molecule has 0 spiro atoms. The van der Waals surface area contributed by atoms with Crippen LogP contribution in [0.15, 0.2) is 12.1 Å². The van der Waals surface area contributed by atoms with Crippen molar-refractivity contribution < 1.29 is 4.79 Å². The molecule has 0 aromatic carbocycles. The second-order valence-electron chi connectivity index (χ2n) is 5.55. The second-order valence-corrected chi connectivity index (χ2v) is 5.55. The summed E-state index contributed by atoms with van der Waals surface area (Å²) in [4.78, 5) is 20.4. The predicted molar refractivity (Wildman–Crippen MR) is 73.9 cm³/mol. The zero-order valence-corrected chi connectivity index (χ0v) is 11.9. The van der Waals surface area contributed by atoms with Gasteiger partial charge in [-0.2, -0.15) is 0 Å².